The maximum atomic E-state index is 12.5. The lowest BCUT2D eigenvalue weighted by Gasteiger charge is -2.15. The zero-order valence-electron chi connectivity index (χ0n) is 15.5. The van der Waals surface area contributed by atoms with Crippen LogP contribution in [0.4, 0.5) is 0 Å². The van der Waals surface area contributed by atoms with Gasteiger partial charge >= 0.3 is 0 Å². The molecule has 0 aliphatic heterocycles. The van der Waals surface area contributed by atoms with Crippen LogP contribution in [0.3, 0.4) is 0 Å². The van der Waals surface area contributed by atoms with E-state index in [0.29, 0.717) is 12.3 Å². The topological polar surface area (TPSA) is 63.9 Å². The average molecular weight is 430 g/mol. The van der Waals surface area contributed by atoms with Gasteiger partial charge in [0, 0.05) is 25.4 Å². The normalized spacial score (nSPS) is 11.2. The van der Waals surface area contributed by atoms with E-state index in [1.54, 1.807) is 27.6 Å². The molecule has 0 spiro atoms. The highest BCUT2D eigenvalue weighted by atomic mass is 32.2. The Balaban J connectivity index is 1.34. The number of aromatic nitrogens is 4. The number of thiophene rings is 1. The van der Waals surface area contributed by atoms with Gasteiger partial charge in [-0.25, -0.2) is 4.98 Å². The SMILES string of the molecule is CN(Cc1nc2ccccc2s1)C(=O)CSc1nnc(Cc2cccs2)n1C. The van der Waals surface area contributed by atoms with E-state index in [2.05, 4.69) is 32.7 Å². The molecule has 3 heterocycles. The summed E-state index contributed by atoms with van der Waals surface area (Å²) in [6.07, 6.45) is 0.757. The minimum Gasteiger partial charge on any atom is -0.338 e. The predicted octanol–water partition coefficient (Wildman–Crippen LogP) is 3.83. The van der Waals surface area contributed by atoms with Gasteiger partial charge in [-0.1, -0.05) is 30.0 Å². The van der Waals surface area contributed by atoms with Crippen LogP contribution in [0.5, 0.6) is 0 Å². The van der Waals surface area contributed by atoms with Gasteiger partial charge in [0.25, 0.3) is 0 Å². The first-order valence-corrected chi connectivity index (χ1v) is 11.4. The second-order valence-electron chi connectivity index (χ2n) is 6.33. The van der Waals surface area contributed by atoms with E-state index in [-0.39, 0.29) is 5.91 Å². The molecule has 0 bridgehead atoms. The van der Waals surface area contributed by atoms with Gasteiger partial charge in [0.15, 0.2) is 5.16 Å². The number of amides is 1. The molecule has 0 saturated carbocycles. The first kappa shape index (κ1) is 19.1. The number of hydrogen-bond donors (Lipinski definition) is 0. The van der Waals surface area contributed by atoms with Gasteiger partial charge in [-0.05, 0) is 23.6 Å². The molecule has 1 aromatic carbocycles. The van der Waals surface area contributed by atoms with Crippen LogP contribution in [0.25, 0.3) is 10.2 Å². The highest BCUT2D eigenvalue weighted by Gasteiger charge is 2.16. The molecular formula is C19H19N5OS3. The number of fused-ring (bicyclic) bond motifs is 1. The van der Waals surface area contributed by atoms with Crippen molar-refractivity contribution >= 4 is 50.6 Å². The number of rotatable bonds is 7. The molecule has 0 atom stereocenters. The lowest BCUT2D eigenvalue weighted by atomic mass is 10.3. The van der Waals surface area contributed by atoms with Crippen LogP contribution in [-0.4, -0.2) is 43.4 Å². The summed E-state index contributed by atoms with van der Waals surface area (Å²) in [7, 11) is 3.76. The van der Waals surface area contributed by atoms with Crippen molar-refractivity contribution in [3.63, 3.8) is 0 Å². The molecule has 1 amide bonds. The van der Waals surface area contributed by atoms with Crippen molar-refractivity contribution < 1.29 is 4.79 Å². The first-order chi connectivity index (χ1) is 13.6. The van der Waals surface area contributed by atoms with E-state index < -0.39 is 0 Å². The second kappa shape index (κ2) is 8.42. The van der Waals surface area contributed by atoms with Crippen molar-refractivity contribution in [2.45, 2.75) is 18.1 Å². The van der Waals surface area contributed by atoms with E-state index in [9.17, 15) is 4.79 Å². The molecule has 0 unspecified atom stereocenters. The number of para-hydroxylation sites is 1. The third kappa shape index (κ3) is 4.26. The van der Waals surface area contributed by atoms with Crippen molar-refractivity contribution in [1.29, 1.82) is 0 Å². The molecule has 0 radical (unpaired) electrons. The first-order valence-electron chi connectivity index (χ1n) is 8.72. The molecule has 4 aromatic rings. The van der Waals surface area contributed by atoms with Gasteiger partial charge in [0.05, 0.1) is 22.5 Å². The molecule has 0 N–H and O–H groups in total. The number of carbonyl (C=O) groups excluding carboxylic acids is 1. The number of thiazole rings is 1. The van der Waals surface area contributed by atoms with Gasteiger partial charge in [0.2, 0.25) is 5.91 Å². The van der Waals surface area contributed by atoms with Gasteiger partial charge in [0.1, 0.15) is 10.8 Å². The predicted molar refractivity (Wildman–Crippen MR) is 115 cm³/mol. The zero-order chi connectivity index (χ0) is 19.5. The Morgan fingerprint density at radius 3 is 2.86 bits per heavy atom. The summed E-state index contributed by atoms with van der Waals surface area (Å²) in [4.78, 5) is 20.1. The van der Waals surface area contributed by atoms with Gasteiger partial charge in [-0.15, -0.1) is 32.9 Å². The van der Waals surface area contributed by atoms with Crippen LogP contribution >= 0.6 is 34.4 Å². The Morgan fingerprint density at radius 2 is 2.07 bits per heavy atom. The number of thioether (sulfide) groups is 1. The summed E-state index contributed by atoms with van der Waals surface area (Å²) in [5.74, 6) is 1.28. The average Bonchev–Trinajstić information content (AvgIpc) is 3.41. The molecule has 0 aliphatic carbocycles. The summed E-state index contributed by atoms with van der Waals surface area (Å²) < 4.78 is 3.11. The van der Waals surface area contributed by atoms with Gasteiger partial charge in [-0.2, -0.15) is 0 Å². The summed E-state index contributed by atoms with van der Waals surface area (Å²) in [5.41, 5.74) is 0.982. The maximum Gasteiger partial charge on any atom is 0.233 e. The lowest BCUT2D eigenvalue weighted by Crippen LogP contribution is -2.27. The van der Waals surface area contributed by atoms with Crippen LogP contribution in [0.2, 0.25) is 0 Å². The Labute approximate surface area is 175 Å². The maximum absolute atomic E-state index is 12.5. The lowest BCUT2D eigenvalue weighted by molar-refractivity contribution is -0.127. The van der Waals surface area contributed by atoms with E-state index in [4.69, 9.17) is 0 Å². The summed E-state index contributed by atoms with van der Waals surface area (Å²) in [6.45, 7) is 0.515. The molecule has 3 aromatic heterocycles. The van der Waals surface area contributed by atoms with Crippen LogP contribution in [-0.2, 0) is 24.8 Å². The Morgan fingerprint density at radius 1 is 1.21 bits per heavy atom. The van der Waals surface area contributed by atoms with E-state index in [1.165, 1.54) is 16.6 Å². The minimum absolute atomic E-state index is 0.0482. The fourth-order valence-corrected chi connectivity index (χ4v) is 5.30. The molecule has 28 heavy (non-hydrogen) atoms. The number of nitrogens with zero attached hydrogens (tertiary/aromatic N) is 5. The zero-order valence-corrected chi connectivity index (χ0v) is 18.0. The fourth-order valence-electron chi connectivity index (χ4n) is 2.71. The second-order valence-corrected chi connectivity index (χ2v) is 9.42. The van der Waals surface area contributed by atoms with Crippen molar-refractivity contribution in [3.05, 3.63) is 57.5 Å². The van der Waals surface area contributed by atoms with Crippen LogP contribution < -0.4 is 0 Å². The van der Waals surface area contributed by atoms with Crippen LogP contribution in [0, 0.1) is 0 Å². The minimum atomic E-state index is 0.0482. The molecule has 0 saturated heterocycles. The monoisotopic (exact) mass is 429 g/mol. The Bertz CT molecular complexity index is 1050. The third-order valence-electron chi connectivity index (χ3n) is 4.30. The molecule has 0 fully saturated rings. The third-order valence-corrected chi connectivity index (χ3v) is 7.20. The molecule has 144 valence electrons. The number of carbonyl (C=O) groups is 1. The Kier molecular flexibility index (Phi) is 5.74. The highest BCUT2D eigenvalue weighted by molar-refractivity contribution is 7.99. The van der Waals surface area contributed by atoms with Gasteiger partial charge in [-0.3, -0.25) is 4.79 Å². The molecule has 0 aliphatic rings. The molecule has 6 nitrogen and oxygen atoms in total. The molecule has 4 rings (SSSR count). The number of hydrogen-bond acceptors (Lipinski definition) is 7. The summed E-state index contributed by atoms with van der Waals surface area (Å²) in [6, 6.07) is 12.2. The summed E-state index contributed by atoms with van der Waals surface area (Å²) >= 11 is 4.75. The van der Waals surface area contributed by atoms with Crippen molar-refractivity contribution in [2.24, 2.45) is 7.05 Å². The van der Waals surface area contributed by atoms with Crippen molar-refractivity contribution in [3.8, 4) is 0 Å². The molecular weight excluding hydrogens is 410 g/mol. The fraction of sp³-hybridized carbons (Fsp3) is 0.263. The number of benzene rings is 1. The summed E-state index contributed by atoms with van der Waals surface area (Å²) in [5, 5.41) is 12.3. The quantitative estimate of drug-likeness (QED) is 0.418. The smallest absolute Gasteiger partial charge is 0.233 e. The van der Waals surface area contributed by atoms with Gasteiger partial charge < -0.3 is 9.47 Å². The largest absolute Gasteiger partial charge is 0.338 e. The standard InChI is InChI=1S/C19H19N5OS3/c1-23(11-17-20-14-7-3-4-8-15(14)28-17)18(25)12-27-19-22-21-16(24(19)2)10-13-6-5-9-26-13/h3-9H,10-12H2,1-2H3. The Hall–Kier alpha value is -2.23. The van der Waals surface area contributed by atoms with Crippen molar-refractivity contribution in [1.82, 2.24) is 24.6 Å². The van der Waals surface area contributed by atoms with Crippen LogP contribution in [0.15, 0.2) is 46.9 Å². The van der Waals surface area contributed by atoms with Crippen LogP contribution in [0.1, 0.15) is 15.7 Å². The highest BCUT2D eigenvalue weighted by Crippen LogP contribution is 2.23. The van der Waals surface area contributed by atoms with E-state index in [1.807, 2.05) is 42.9 Å². The van der Waals surface area contributed by atoms with E-state index >= 15 is 0 Å². The van der Waals surface area contributed by atoms with E-state index in [0.717, 1.165) is 32.6 Å². The molecule has 9 heteroatoms. The van der Waals surface area contributed by atoms with Crippen molar-refractivity contribution in [2.75, 3.05) is 12.8 Å².